The standard InChI is InChI=1S/C12H17N3O/c1-8-6-9-7-15(12(2,3)4)11(16)13-10(9)14(8)5/h6-7H,1-5H3. The average Bonchev–Trinajstić information content (AvgIpc) is 2.41. The van der Waals surface area contributed by atoms with Crippen molar-refractivity contribution < 1.29 is 0 Å². The van der Waals surface area contributed by atoms with E-state index in [1.807, 2.05) is 51.6 Å². The largest absolute Gasteiger partial charge is 0.350 e. The van der Waals surface area contributed by atoms with Crippen LogP contribution in [0.1, 0.15) is 26.5 Å². The highest BCUT2D eigenvalue weighted by molar-refractivity contribution is 5.76. The van der Waals surface area contributed by atoms with E-state index in [4.69, 9.17) is 0 Å². The van der Waals surface area contributed by atoms with Gasteiger partial charge < -0.3 is 4.57 Å². The van der Waals surface area contributed by atoms with Crippen LogP contribution in [0.25, 0.3) is 11.0 Å². The number of rotatable bonds is 0. The minimum Gasteiger partial charge on any atom is -0.333 e. The van der Waals surface area contributed by atoms with Gasteiger partial charge in [0, 0.05) is 29.9 Å². The van der Waals surface area contributed by atoms with Gasteiger partial charge in [0.2, 0.25) is 0 Å². The summed E-state index contributed by atoms with van der Waals surface area (Å²) in [5.41, 5.74) is 1.43. The first-order valence-corrected chi connectivity index (χ1v) is 5.37. The summed E-state index contributed by atoms with van der Waals surface area (Å²) >= 11 is 0. The molecule has 0 atom stereocenters. The van der Waals surface area contributed by atoms with E-state index in [1.165, 1.54) is 0 Å². The van der Waals surface area contributed by atoms with Crippen LogP contribution < -0.4 is 5.69 Å². The van der Waals surface area contributed by atoms with E-state index >= 15 is 0 Å². The van der Waals surface area contributed by atoms with Crippen molar-refractivity contribution >= 4 is 11.0 Å². The molecule has 0 amide bonds. The third-order valence-electron chi connectivity index (χ3n) is 2.87. The van der Waals surface area contributed by atoms with Gasteiger partial charge in [-0.2, -0.15) is 4.98 Å². The molecular weight excluding hydrogens is 202 g/mol. The minimum atomic E-state index is -0.234. The van der Waals surface area contributed by atoms with Gasteiger partial charge in [-0.15, -0.1) is 0 Å². The molecule has 0 aliphatic carbocycles. The molecule has 2 rings (SSSR count). The van der Waals surface area contributed by atoms with Gasteiger partial charge in [0.1, 0.15) is 5.65 Å². The lowest BCUT2D eigenvalue weighted by atomic mass is 10.1. The number of hydrogen-bond acceptors (Lipinski definition) is 2. The van der Waals surface area contributed by atoms with Crippen LogP contribution in [0.3, 0.4) is 0 Å². The van der Waals surface area contributed by atoms with Crippen LogP contribution in [0.5, 0.6) is 0 Å². The summed E-state index contributed by atoms with van der Waals surface area (Å²) in [6.07, 6.45) is 1.89. The molecule has 0 spiro atoms. The van der Waals surface area contributed by atoms with Crippen molar-refractivity contribution in [2.45, 2.75) is 33.2 Å². The van der Waals surface area contributed by atoms with Crippen LogP contribution >= 0.6 is 0 Å². The molecule has 16 heavy (non-hydrogen) atoms. The summed E-state index contributed by atoms with van der Waals surface area (Å²) in [6.45, 7) is 8.00. The Kier molecular flexibility index (Phi) is 2.19. The quantitative estimate of drug-likeness (QED) is 0.677. The zero-order valence-corrected chi connectivity index (χ0v) is 10.4. The topological polar surface area (TPSA) is 39.8 Å². The predicted octanol–water partition coefficient (Wildman–Crippen LogP) is 1.80. The van der Waals surface area contributed by atoms with Gasteiger partial charge in [0.25, 0.3) is 0 Å². The molecule has 0 aliphatic heterocycles. The summed E-state index contributed by atoms with van der Waals surface area (Å²) in [7, 11) is 1.92. The highest BCUT2D eigenvalue weighted by Crippen LogP contribution is 2.17. The summed E-state index contributed by atoms with van der Waals surface area (Å²) < 4.78 is 3.61. The fourth-order valence-electron chi connectivity index (χ4n) is 1.80. The number of fused-ring (bicyclic) bond motifs is 1. The second kappa shape index (κ2) is 3.20. The van der Waals surface area contributed by atoms with E-state index in [2.05, 4.69) is 4.98 Å². The van der Waals surface area contributed by atoms with Gasteiger partial charge in [-0.05, 0) is 33.8 Å². The van der Waals surface area contributed by atoms with Gasteiger partial charge in [-0.25, -0.2) is 4.79 Å². The molecule has 0 aromatic carbocycles. The van der Waals surface area contributed by atoms with E-state index < -0.39 is 0 Å². The van der Waals surface area contributed by atoms with Crippen molar-refractivity contribution in [2.24, 2.45) is 7.05 Å². The van der Waals surface area contributed by atoms with Crippen molar-refractivity contribution in [1.82, 2.24) is 14.1 Å². The lowest BCUT2D eigenvalue weighted by molar-refractivity contribution is 0.379. The van der Waals surface area contributed by atoms with E-state index in [0.717, 1.165) is 16.7 Å². The molecule has 0 radical (unpaired) electrons. The summed E-state index contributed by atoms with van der Waals surface area (Å²) in [4.78, 5) is 16.0. The summed E-state index contributed by atoms with van der Waals surface area (Å²) in [5, 5.41) is 1.01. The first-order chi connectivity index (χ1) is 7.30. The van der Waals surface area contributed by atoms with Gasteiger partial charge in [-0.1, -0.05) is 0 Å². The summed E-state index contributed by atoms with van der Waals surface area (Å²) in [6, 6.07) is 2.05. The van der Waals surface area contributed by atoms with Crippen LogP contribution in [0.2, 0.25) is 0 Å². The van der Waals surface area contributed by atoms with E-state index in [0.29, 0.717) is 0 Å². The molecule has 0 saturated carbocycles. The molecule has 2 aromatic heterocycles. The third kappa shape index (κ3) is 1.54. The Hall–Kier alpha value is -1.58. The Balaban J connectivity index is 2.83. The van der Waals surface area contributed by atoms with Gasteiger partial charge in [-0.3, -0.25) is 4.57 Å². The second-order valence-electron chi connectivity index (χ2n) is 5.19. The Morgan fingerprint density at radius 1 is 1.31 bits per heavy atom. The molecular formula is C12H17N3O. The molecule has 0 aliphatic rings. The monoisotopic (exact) mass is 219 g/mol. The van der Waals surface area contributed by atoms with Crippen LogP contribution in [0, 0.1) is 6.92 Å². The molecule has 0 unspecified atom stereocenters. The normalized spacial score (nSPS) is 12.3. The number of aromatic nitrogens is 3. The molecule has 0 saturated heterocycles. The van der Waals surface area contributed by atoms with Crippen molar-refractivity contribution in [3.63, 3.8) is 0 Å². The molecule has 0 N–H and O–H groups in total. The second-order valence-corrected chi connectivity index (χ2v) is 5.19. The fraction of sp³-hybridized carbons (Fsp3) is 0.500. The number of nitrogens with zero attached hydrogens (tertiary/aromatic N) is 3. The highest BCUT2D eigenvalue weighted by Gasteiger charge is 2.16. The van der Waals surface area contributed by atoms with Crippen molar-refractivity contribution in [3.8, 4) is 0 Å². The Morgan fingerprint density at radius 3 is 2.50 bits per heavy atom. The SMILES string of the molecule is Cc1cc2cn(C(C)(C)C)c(=O)nc2n1C. The third-order valence-corrected chi connectivity index (χ3v) is 2.87. The predicted molar refractivity (Wildman–Crippen MR) is 64.7 cm³/mol. The summed E-state index contributed by atoms with van der Waals surface area (Å²) in [5.74, 6) is 0. The van der Waals surface area contributed by atoms with Crippen molar-refractivity contribution in [3.05, 3.63) is 28.4 Å². The molecule has 4 nitrogen and oxygen atoms in total. The Bertz CT molecular complexity index is 599. The van der Waals surface area contributed by atoms with Crippen molar-refractivity contribution in [1.29, 1.82) is 0 Å². The number of aryl methyl sites for hydroxylation is 2. The maximum atomic E-state index is 11.9. The smallest absolute Gasteiger partial charge is 0.333 e. The van der Waals surface area contributed by atoms with Crippen LogP contribution in [0.4, 0.5) is 0 Å². The van der Waals surface area contributed by atoms with E-state index in [1.54, 1.807) is 4.57 Å². The van der Waals surface area contributed by atoms with Crippen molar-refractivity contribution in [2.75, 3.05) is 0 Å². The molecule has 86 valence electrons. The zero-order valence-electron chi connectivity index (χ0n) is 10.4. The zero-order chi connectivity index (χ0) is 12.1. The van der Waals surface area contributed by atoms with Crippen LogP contribution in [-0.2, 0) is 12.6 Å². The van der Waals surface area contributed by atoms with Crippen LogP contribution in [0.15, 0.2) is 17.1 Å². The maximum Gasteiger partial charge on any atom is 0.350 e. The van der Waals surface area contributed by atoms with Gasteiger partial charge in [0.15, 0.2) is 0 Å². The minimum absolute atomic E-state index is 0.193. The lowest BCUT2D eigenvalue weighted by Gasteiger charge is -2.21. The first kappa shape index (κ1) is 10.9. The van der Waals surface area contributed by atoms with Gasteiger partial charge in [0.05, 0.1) is 0 Å². The van der Waals surface area contributed by atoms with E-state index in [9.17, 15) is 4.79 Å². The van der Waals surface area contributed by atoms with E-state index in [-0.39, 0.29) is 11.2 Å². The maximum absolute atomic E-state index is 11.9. The lowest BCUT2D eigenvalue weighted by Crippen LogP contribution is -2.34. The number of hydrogen-bond donors (Lipinski definition) is 0. The molecule has 0 bridgehead atoms. The van der Waals surface area contributed by atoms with Gasteiger partial charge >= 0.3 is 5.69 Å². The average molecular weight is 219 g/mol. The molecule has 4 heteroatoms. The fourth-order valence-corrected chi connectivity index (χ4v) is 1.80. The highest BCUT2D eigenvalue weighted by atomic mass is 16.1. The molecule has 2 heterocycles. The molecule has 2 aromatic rings. The molecule has 0 fully saturated rings. The van der Waals surface area contributed by atoms with Crippen LogP contribution in [-0.4, -0.2) is 14.1 Å². The Labute approximate surface area is 94.5 Å². The Morgan fingerprint density at radius 2 is 1.94 bits per heavy atom. The first-order valence-electron chi connectivity index (χ1n) is 5.37.